The fourth-order valence-electron chi connectivity index (χ4n) is 3.12. The van der Waals surface area contributed by atoms with Gasteiger partial charge in [-0.3, -0.25) is 4.90 Å². The van der Waals surface area contributed by atoms with Crippen LogP contribution in [-0.2, 0) is 13.1 Å². The van der Waals surface area contributed by atoms with Crippen molar-refractivity contribution in [2.24, 2.45) is 0 Å². The summed E-state index contributed by atoms with van der Waals surface area (Å²) in [7, 11) is 2.24. The molecule has 0 aromatic carbocycles. The van der Waals surface area contributed by atoms with E-state index in [4.69, 9.17) is 4.42 Å². The van der Waals surface area contributed by atoms with Gasteiger partial charge in [0.15, 0.2) is 0 Å². The molecule has 0 amide bonds. The molecule has 1 N–H and O–H groups in total. The Morgan fingerprint density at radius 3 is 2.75 bits per heavy atom. The van der Waals surface area contributed by atoms with Crippen molar-refractivity contribution < 1.29 is 4.42 Å². The van der Waals surface area contributed by atoms with Gasteiger partial charge in [-0.05, 0) is 51.4 Å². The molecule has 0 spiro atoms. The molecule has 1 heterocycles. The molecule has 1 aromatic heterocycles. The third-order valence-corrected chi connectivity index (χ3v) is 4.39. The predicted molar refractivity (Wildman–Crippen MR) is 83.8 cm³/mol. The summed E-state index contributed by atoms with van der Waals surface area (Å²) in [5.74, 6) is 2.22. The van der Waals surface area contributed by atoms with E-state index in [2.05, 4.69) is 37.2 Å². The van der Waals surface area contributed by atoms with Crippen LogP contribution in [0.15, 0.2) is 10.5 Å². The Hall–Kier alpha value is -0.800. The number of aryl methyl sites for hydroxylation is 1. The van der Waals surface area contributed by atoms with Crippen molar-refractivity contribution in [1.29, 1.82) is 0 Å². The molecular formula is C17H30N2O. The molecule has 114 valence electrons. The van der Waals surface area contributed by atoms with Crippen molar-refractivity contribution in [2.45, 2.75) is 71.5 Å². The van der Waals surface area contributed by atoms with Crippen LogP contribution >= 0.6 is 0 Å². The molecule has 2 rings (SSSR count). The van der Waals surface area contributed by atoms with E-state index in [-0.39, 0.29) is 0 Å². The van der Waals surface area contributed by atoms with E-state index < -0.39 is 0 Å². The topological polar surface area (TPSA) is 28.4 Å². The Labute approximate surface area is 123 Å². The second-order valence-corrected chi connectivity index (χ2v) is 6.20. The average molecular weight is 278 g/mol. The first-order valence-corrected chi connectivity index (χ1v) is 8.20. The summed E-state index contributed by atoms with van der Waals surface area (Å²) >= 11 is 0. The molecule has 0 radical (unpaired) electrons. The zero-order chi connectivity index (χ0) is 14.4. The van der Waals surface area contributed by atoms with Crippen LogP contribution in [0.5, 0.6) is 0 Å². The first-order chi connectivity index (χ1) is 9.70. The summed E-state index contributed by atoms with van der Waals surface area (Å²) in [5.41, 5.74) is 1.28. The molecule has 3 nitrogen and oxygen atoms in total. The SMILES string of the molecule is CCCNCc1oc(CN(C)C2CCCCC2)cc1C. The molecule has 1 aromatic rings. The third kappa shape index (κ3) is 4.35. The van der Waals surface area contributed by atoms with Gasteiger partial charge in [0, 0.05) is 6.04 Å². The third-order valence-electron chi connectivity index (χ3n) is 4.39. The lowest BCUT2D eigenvalue weighted by Gasteiger charge is -2.30. The highest BCUT2D eigenvalue weighted by atomic mass is 16.3. The predicted octanol–water partition coefficient (Wildman–Crippen LogP) is 3.85. The number of hydrogen-bond acceptors (Lipinski definition) is 3. The lowest BCUT2D eigenvalue weighted by molar-refractivity contribution is 0.172. The fraction of sp³-hybridized carbons (Fsp3) is 0.765. The van der Waals surface area contributed by atoms with Crippen LogP contribution in [0.4, 0.5) is 0 Å². The van der Waals surface area contributed by atoms with Gasteiger partial charge >= 0.3 is 0 Å². The van der Waals surface area contributed by atoms with Crippen LogP contribution in [-0.4, -0.2) is 24.5 Å². The van der Waals surface area contributed by atoms with Gasteiger partial charge in [0.05, 0.1) is 13.1 Å². The highest BCUT2D eigenvalue weighted by molar-refractivity contribution is 5.20. The van der Waals surface area contributed by atoms with Crippen molar-refractivity contribution in [2.75, 3.05) is 13.6 Å². The fourth-order valence-corrected chi connectivity index (χ4v) is 3.12. The number of hydrogen-bond donors (Lipinski definition) is 1. The van der Waals surface area contributed by atoms with E-state index in [0.717, 1.165) is 43.6 Å². The van der Waals surface area contributed by atoms with E-state index in [9.17, 15) is 0 Å². The summed E-state index contributed by atoms with van der Waals surface area (Å²) in [6.07, 6.45) is 8.05. The monoisotopic (exact) mass is 278 g/mol. The van der Waals surface area contributed by atoms with Crippen LogP contribution in [0.3, 0.4) is 0 Å². The second-order valence-electron chi connectivity index (χ2n) is 6.20. The van der Waals surface area contributed by atoms with Gasteiger partial charge in [0.2, 0.25) is 0 Å². The van der Waals surface area contributed by atoms with Gasteiger partial charge in [-0.15, -0.1) is 0 Å². The van der Waals surface area contributed by atoms with Gasteiger partial charge in [-0.2, -0.15) is 0 Å². The van der Waals surface area contributed by atoms with Gasteiger partial charge in [0.1, 0.15) is 11.5 Å². The second kappa shape index (κ2) is 7.84. The maximum atomic E-state index is 6.02. The van der Waals surface area contributed by atoms with E-state index >= 15 is 0 Å². The minimum Gasteiger partial charge on any atom is -0.463 e. The number of nitrogens with one attached hydrogen (secondary N) is 1. The molecule has 1 saturated carbocycles. The molecule has 20 heavy (non-hydrogen) atoms. The quantitative estimate of drug-likeness (QED) is 0.768. The maximum Gasteiger partial charge on any atom is 0.120 e. The largest absolute Gasteiger partial charge is 0.463 e. The van der Waals surface area contributed by atoms with Gasteiger partial charge < -0.3 is 9.73 Å². The van der Waals surface area contributed by atoms with Crippen molar-refractivity contribution in [3.8, 4) is 0 Å². The molecule has 0 bridgehead atoms. The van der Waals surface area contributed by atoms with Crippen molar-refractivity contribution >= 4 is 0 Å². The molecule has 1 fully saturated rings. The van der Waals surface area contributed by atoms with Gasteiger partial charge in [-0.1, -0.05) is 26.2 Å². The Bertz CT molecular complexity index is 394. The molecule has 1 aliphatic carbocycles. The number of furan rings is 1. The maximum absolute atomic E-state index is 6.02. The lowest BCUT2D eigenvalue weighted by atomic mass is 9.94. The lowest BCUT2D eigenvalue weighted by Crippen LogP contribution is -2.32. The van der Waals surface area contributed by atoms with E-state index in [1.54, 1.807) is 0 Å². The molecule has 0 unspecified atom stereocenters. The Kier molecular flexibility index (Phi) is 6.11. The summed E-state index contributed by atoms with van der Waals surface area (Å²) in [6, 6.07) is 2.96. The Morgan fingerprint density at radius 2 is 2.05 bits per heavy atom. The Balaban J connectivity index is 1.87. The first kappa shape index (κ1) is 15.6. The zero-order valence-electron chi connectivity index (χ0n) is 13.4. The van der Waals surface area contributed by atoms with E-state index in [1.165, 1.54) is 37.7 Å². The normalized spacial score (nSPS) is 17.0. The van der Waals surface area contributed by atoms with E-state index in [0.29, 0.717) is 0 Å². The standard InChI is InChI=1S/C17H30N2O/c1-4-10-18-12-17-14(2)11-16(20-17)13-19(3)15-8-6-5-7-9-15/h11,15,18H,4-10,12-13H2,1-3H3. The van der Waals surface area contributed by atoms with Crippen molar-refractivity contribution in [3.05, 3.63) is 23.2 Å². The van der Waals surface area contributed by atoms with Crippen LogP contribution in [0.1, 0.15) is 62.5 Å². The number of rotatable bonds is 7. The molecule has 0 saturated heterocycles. The molecule has 0 aliphatic heterocycles. The molecule has 3 heteroatoms. The highest BCUT2D eigenvalue weighted by Gasteiger charge is 2.19. The van der Waals surface area contributed by atoms with Crippen LogP contribution in [0.25, 0.3) is 0 Å². The summed E-state index contributed by atoms with van der Waals surface area (Å²) in [5, 5.41) is 3.41. The van der Waals surface area contributed by atoms with Crippen LogP contribution in [0, 0.1) is 6.92 Å². The molecular weight excluding hydrogens is 248 g/mol. The minimum absolute atomic E-state index is 0.746. The molecule has 1 aliphatic rings. The zero-order valence-corrected chi connectivity index (χ0v) is 13.4. The number of nitrogens with zero attached hydrogens (tertiary/aromatic N) is 1. The van der Waals surface area contributed by atoms with Gasteiger partial charge in [-0.25, -0.2) is 0 Å². The van der Waals surface area contributed by atoms with Crippen molar-refractivity contribution in [1.82, 2.24) is 10.2 Å². The van der Waals surface area contributed by atoms with E-state index in [1.807, 2.05) is 0 Å². The summed E-state index contributed by atoms with van der Waals surface area (Å²) in [6.45, 7) is 7.19. The smallest absolute Gasteiger partial charge is 0.120 e. The van der Waals surface area contributed by atoms with Gasteiger partial charge in [0.25, 0.3) is 0 Å². The molecule has 0 atom stereocenters. The summed E-state index contributed by atoms with van der Waals surface area (Å²) < 4.78 is 6.02. The first-order valence-electron chi connectivity index (χ1n) is 8.20. The van der Waals surface area contributed by atoms with Crippen LogP contribution in [0.2, 0.25) is 0 Å². The Morgan fingerprint density at radius 1 is 1.30 bits per heavy atom. The average Bonchev–Trinajstić information content (AvgIpc) is 2.80. The minimum atomic E-state index is 0.746. The summed E-state index contributed by atoms with van der Waals surface area (Å²) in [4.78, 5) is 2.47. The highest BCUT2D eigenvalue weighted by Crippen LogP contribution is 2.24. The van der Waals surface area contributed by atoms with Crippen LogP contribution < -0.4 is 5.32 Å². The van der Waals surface area contributed by atoms with Crippen molar-refractivity contribution in [3.63, 3.8) is 0 Å².